The van der Waals surface area contributed by atoms with Gasteiger partial charge in [-0.05, 0) is 25.3 Å². The minimum Gasteiger partial charge on any atom is -0.262 e. The maximum absolute atomic E-state index is 2.39. The van der Waals surface area contributed by atoms with Crippen LogP contribution in [0.25, 0.3) is 10.8 Å². The molecule has 0 spiro atoms. The Balaban J connectivity index is 2.06. The summed E-state index contributed by atoms with van der Waals surface area (Å²) in [4.78, 5) is 2.36. The number of hydrogen-bond acceptors (Lipinski definition) is 1. The van der Waals surface area contributed by atoms with Gasteiger partial charge in [0.2, 0.25) is 6.34 Å². The van der Waals surface area contributed by atoms with E-state index in [9.17, 15) is 0 Å². The van der Waals surface area contributed by atoms with Crippen LogP contribution in [0.2, 0.25) is 0 Å². The van der Waals surface area contributed by atoms with Gasteiger partial charge >= 0.3 is 0 Å². The second-order valence-electron chi connectivity index (χ2n) is 5.14. The average molecular weight is 239 g/mol. The molecule has 0 aromatic heterocycles. The Hall–Kier alpha value is -1.83. The molecule has 1 aliphatic rings. The van der Waals surface area contributed by atoms with E-state index in [1.165, 1.54) is 16.5 Å². The van der Waals surface area contributed by atoms with Crippen molar-refractivity contribution in [3.05, 3.63) is 42.5 Å². The Morgan fingerprint density at radius 1 is 1.06 bits per heavy atom. The quantitative estimate of drug-likeness (QED) is 0.730. The Kier molecular flexibility index (Phi) is 2.78. The van der Waals surface area contributed by atoms with E-state index in [2.05, 4.69) is 72.1 Å². The number of rotatable bonds is 2. The van der Waals surface area contributed by atoms with Gasteiger partial charge < -0.3 is 0 Å². The zero-order chi connectivity index (χ0) is 12.5. The molecule has 0 fully saturated rings. The first-order chi connectivity index (χ1) is 8.75. The summed E-state index contributed by atoms with van der Waals surface area (Å²) in [6, 6.07) is 15.7. The SMILES string of the molecule is CC(C)[N+]1=CN(c2cccc3ccccc23)CC1. The summed E-state index contributed by atoms with van der Waals surface area (Å²) in [6.07, 6.45) is 2.26. The highest BCUT2D eigenvalue weighted by Crippen LogP contribution is 2.26. The Labute approximate surface area is 108 Å². The van der Waals surface area contributed by atoms with Gasteiger partial charge in [0.15, 0.2) is 0 Å². The maximum atomic E-state index is 2.39. The maximum Gasteiger partial charge on any atom is 0.239 e. The largest absolute Gasteiger partial charge is 0.262 e. The molecule has 0 aliphatic carbocycles. The van der Waals surface area contributed by atoms with Gasteiger partial charge in [-0.2, -0.15) is 0 Å². The van der Waals surface area contributed by atoms with E-state index in [4.69, 9.17) is 0 Å². The Morgan fingerprint density at radius 3 is 2.61 bits per heavy atom. The first-order valence-electron chi connectivity index (χ1n) is 6.61. The van der Waals surface area contributed by atoms with Crippen molar-refractivity contribution >= 4 is 22.8 Å². The third-order valence-electron chi connectivity index (χ3n) is 3.63. The van der Waals surface area contributed by atoms with E-state index in [-0.39, 0.29) is 0 Å². The van der Waals surface area contributed by atoms with Crippen LogP contribution in [0.15, 0.2) is 42.5 Å². The van der Waals surface area contributed by atoms with Gasteiger partial charge in [-0.15, -0.1) is 0 Å². The van der Waals surface area contributed by atoms with E-state index in [1.807, 2.05) is 0 Å². The van der Waals surface area contributed by atoms with Gasteiger partial charge in [-0.25, -0.2) is 4.90 Å². The molecule has 2 aromatic rings. The molecule has 0 bridgehead atoms. The molecule has 1 aliphatic heterocycles. The molecule has 18 heavy (non-hydrogen) atoms. The molecule has 92 valence electrons. The summed E-state index contributed by atoms with van der Waals surface area (Å²) >= 11 is 0. The van der Waals surface area contributed by atoms with Gasteiger partial charge in [-0.3, -0.25) is 4.58 Å². The molecular weight excluding hydrogens is 220 g/mol. The van der Waals surface area contributed by atoms with Crippen LogP contribution in [0.3, 0.4) is 0 Å². The highest BCUT2D eigenvalue weighted by Gasteiger charge is 2.23. The van der Waals surface area contributed by atoms with Crippen LogP contribution in [0, 0.1) is 0 Å². The van der Waals surface area contributed by atoms with Crippen LogP contribution in [0.4, 0.5) is 5.69 Å². The Morgan fingerprint density at radius 2 is 1.83 bits per heavy atom. The van der Waals surface area contributed by atoms with Crippen LogP contribution < -0.4 is 4.90 Å². The van der Waals surface area contributed by atoms with Gasteiger partial charge in [-0.1, -0.05) is 36.4 Å². The number of fused-ring (bicyclic) bond motifs is 1. The van der Waals surface area contributed by atoms with Crippen molar-refractivity contribution in [2.75, 3.05) is 18.0 Å². The second-order valence-corrected chi connectivity index (χ2v) is 5.14. The molecule has 2 aromatic carbocycles. The van der Waals surface area contributed by atoms with Gasteiger partial charge in [0.1, 0.15) is 18.8 Å². The molecule has 3 rings (SSSR count). The molecule has 0 N–H and O–H groups in total. The van der Waals surface area contributed by atoms with E-state index in [0.717, 1.165) is 13.1 Å². The minimum atomic E-state index is 0.574. The summed E-state index contributed by atoms with van der Waals surface area (Å²) in [5, 5.41) is 2.65. The predicted octanol–water partition coefficient (Wildman–Crippen LogP) is 3.11. The molecule has 0 saturated heterocycles. The summed E-state index contributed by atoms with van der Waals surface area (Å²) in [5.41, 5.74) is 1.32. The van der Waals surface area contributed by atoms with Crippen LogP contribution in [-0.2, 0) is 0 Å². The van der Waals surface area contributed by atoms with Crippen molar-refractivity contribution in [1.29, 1.82) is 0 Å². The molecule has 2 heteroatoms. The molecular formula is C16H19N2+. The molecule has 1 heterocycles. The first kappa shape index (κ1) is 11.3. The highest BCUT2D eigenvalue weighted by molar-refractivity contribution is 5.98. The van der Waals surface area contributed by atoms with Crippen molar-refractivity contribution in [2.24, 2.45) is 0 Å². The predicted molar refractivity (Wildman–Crippen MR) is 77.6 cm³/mol. The Bertz CT molecular complexity index is 594. The normalized spacial score (nSPS) is 15.5. The van der Waals surface area contributed by atoms with Crippen molar-refractivity contribution in [3.63, 3.8) is 0 Å². The van der Waals surface area contributed by atoms with Gasteiger partial charge in [0, 0.05) is 5.39 Å². The summed E-state index contributed by atoms with van der Waals surface area (Å²) < 4.78 is 2.39. The van der Waals surface area contributed by atoms with Crippen molar-refractivity contribution in [2.45, 2.75) is 19.9 Å². The number of hydrogen-bond donors (Lipinski definition) is 0. The van der Waals surface area contributed by atoms with Crippen molar-refractivity contribution in [1.82, 2.24) is 0 Å². The molecule has 0 radical (unpaired) electrons. The molecule has 0 unspecified atom stereocenters. The topological polar surface area (TPSA) is 6.25 Å². The summed E-state index contributed by atoms with van der Waals surface area (Å²) in [5.74, 6) is 0. The van der Waals surface area contributed by atoms with Crippen LogP contribution in [0.5, 0.6) is 0 Å². The van der Waals surface area contributed by atoms with E-state index in [0.29, 0.717) is 6.04 Å². The van der Waals surface area contributed by atoms with E-state index < -0.39 is 0 Å². The monoisotopic (exact) mass is 239 g/mol. The van der Waals surface area contributed by atoms with Crippen LogP contribution in [-0.4, -0.2) is 30.0 Å². The number of anilines is 1. The molecule has 0 atom stereocenters. The highest BCUT2D eigenvalue weighted by atomic mass is 15.3. The fraction of sp³-hybridized carbons (Fsp3) is 0.312. The van der Waals surface area contributed by atoms with Crippen LogP contribution in [0.1, 0.15) is 13.8 Å². The van der Waals surface area contributed by atoms with E-state index in [1.54, 1.807) is 0 Å². The second kappa shape index (κ2) is 4.45. The third kappa shape index (κ3) is 1.88. The summed E-state index contributed by atoms with van der Waals surface area (Å²) in [6.45, 7) is 6.67. The van der Waals surface area contributed by atoms with E-state index >= 15 is 0 Å². The average Bonchev–Trinajstić information content (AvgIpc) is 2.87. The lowest BCUT2D eigenvalue weighted by Gasteiger charge is -2.09. The van der Waals surface area contributed by atoms with Crippen molar-refractivity contribution in [3.8, 4) is 0 Å². The molecule has 2 nitrogen and oxygen atoms in total. The minimum absolute atomic E-state index is 0.574. The zero-order valence-electron chi connectivity index (χ0n) is 11.0. The summed E-state index contributed by atoms with van der Waals surface area (Å²) in [7, 11) is 0. The molecule has 0 saturated carbocycles. The fourth-order valence-corrected chi connectivity index (χ4v) is 2.55. The lowest BCUT2D eigenvalue weighted by atomic mass is 10.1. The third-order valence-corrected chi connectivity index (χ3v) is 3.63. The standard InChI is InChI=1S/C16H19N2/c1-13(2)17-10-11-18(12-17)16-9-5-7-14-6-3-4-8-15(14)16/h3-9,12-13H,10-11H2,1-2H3/q+1. The number of benzene rings is 2. The fourth-order valence-electron chi connectivity index (χ4n) is 2.55. The van der Waals surface area contributed by atoms with Gasteiger partial charge in [0.25, 0.3) is 0 Å². The lowest BCUT2D eigenvalue weighted by Crippen LogP contribution is -2.19. The first-order valence-corrected chi connectivity index (χ1v) is 6.61. The van der Waals surface area contributed by atoms with Crippen LogP contribution >= 0.6 is 0 Å². The van der Waals surface area contributed by atoms with Gasteiger partial charge in [0.05, 0.1) is 6.04 Å². The smallest absolute Gasteiger partial charge is 0.239 e. The molecule has 0 amide bonds. The van der Waals surface area contributed by atoms with Crippen molar-refractivity contribution < 1.29 is 4.58 Å². The number of nitrogens with zero attached hydrogens (tertiary/aromatic N) is 2. The lowest BCUT2D eigenvalue weighted by molar-refractivity contribution is -0.545. The zero-order valence-corrected chi connectivity index (χ0v) is 11.0.